The van der Waals surface area contributed by atoms with E-state index in [2.05, 4.69) is 50.6 Å². The minimum Gasteiger partial charge on any atom is -0.361 e. The van der Waals surface area contributed by atoms with E-state index in [1.54, 1.807) is 6.20 Å². The molecular formula is C24H25N5O. The standard InChI is InChI=1S/C24H25N5O/c30-24(27-22-9-3-5-18-6-4-11-25-23(18)22)29-15-13-28(14-16-29)12-10-19-17-26-21-8-2-1-7-20(19)21/h1-9,11,17,26H,10,12-16H2,(H,27,30). The van der Waals surface area contributed by atoms with Gasteiger partial charge in [-0.25, -0.2) is 4.79 Å². The van der Waals surface area contributed by atoms with Crippen molar-refractivity contribution in [2.45, 2.75) is 6.42 Å². The third kappa shape index (κ3) is 3.74. The average molecular weight is 399 g/mol. The fourth-order valence-electron chi connectivity index (χ4n) is 4.19. The number of benzene rings is 2. The molecule has 6 heteroatoms. The number of fused-ring (bicyclic) bond motifs is 2. The molecule has 2 aromatic heterocycles. The van der Waals surface area contributed by atoms with Crippen LogP contribution >= 0.6 is 0 Å². The Morgan fingerprint density at radius 1 is 1.00 bits per heavy atom. The number of aromatic amines is 1. The maximum Gasteiger partial charge on any atom is 0.321 e. The molecule has 2 amide bonds. The topological polar surface area (TPSA) is 64.3 Å². The molecular weight excluding hydrogens is 374 g/mol. The van der Waals surface area contributed by atoms with E-state index >= 15 is 0 Å². The molecule has 1 fully saturated rings. The minimum atomic E-state index is -0.0515. The van der Waals surface area contributed by atoms with Gasteiger partial charge in [-0.15, -0.1) is 0 Å². The summed E-state index contributed by atoms with van der Waals surface area (Å²) in [6.45, 7) is 4.26. The number of para-hydroxylation sites is 2. The van der Waals surface area contributed by atoms with Gasteiger partial charge in [0.15, 0.2) is 0 Å². The lowest BCUT2D eigenvalue weighted by molar-refractivity contribution is 0.148. The van der Waals surface area contributed by atoms with Gasteiger partial charge in [0.25, 0.3) is 0 Å². The maximum atomic E-state index is 12.8. The van der Waals surface area contributed by atoms with Gasteiger partial charge in [0.2, 0.25) is 0 Å². The molecule has 0 unspecified atom stereocenters. The van der Waals surface area contributed by atoms with Gasteiger partial charge in [-0.2, -0.15) is 0 Å². The monoisotopic (exact) mass is 399 g/mol. The van der Waals surface area contributed by atoms with Gasteiger partial charge in [0.1, 0.15) is 0 Å². The largest absolute Gasteiger partial charge is 0.361 e. The highest BCUT2D eigenvalue weighted by molar-refractivity contribution is 5.99. The molecule has 1 aliphatic rings. The molecule has 2 aromatic carbocycles. The fourth-order valence-corrected chi connectivity index (χ4v) is 4.19. The van der Waals surface area contributed by atoms with Gasteiger partial charge in [0, 0.05) is 61.4 Å². The minimum absolute atomic E-state index is 0.0515. The van der Waals surface area contributed by atoms with Gasteiger partial charge in [-0.3, -0.25) is 9.88 Å². The molecule has 0 bridgehead atoms. The Hall–Kier alpha value is -3.38. The lowest BCUT2D eigenvalue weighted by Gasteiger charge is -2.34. The van der Waals surface area contributed by atoms with Crippen LogP contribution in [-0.4, -0.2) is 58.5 Å². The summed E-state index contributed by atoms with van der Waals surface area (Å²) in [6, 6.07) is 18.1. The van der Waals surface area contributed by atoms with E-state index in [9.17, 15) is 4.79 Å². The van der Waals surface area contributed by atoms with Crippen LogP contribution in [0, 0.1) is 0 Å². The first-order valence-electron chi connectivity index (χ1n) is 10.4. The molecule has 30 heavy (non-hydrogen) atoms. The molecule has 1 aliphatic heterocycles. The SMILES string of the molecule is O=C(Nc1cccc2cccnc12)N1CCN(CCc2c[nH]c3ccccc23)CC1. The summed E-state index contributed by atoms with van der Waals surface area (Å²) >= 11 is 0. The van der Waals surface area contributed by atoms with Crippen LogP contribution in [0.4, 0.5) is 10.5 Å². The summed E-state index contributed by atoms with van der Waals surface area (Å²) in [6.07, 6.45) is 4.88. The van der Waals surface area contributed by atoms with E-state index in [-0.39, 0.29) is 6.03 Å². The second kappa shape index (κ2) is 8.16. The van der Waals surface area contributed by atoms with Crippen LogP contribution in [0.15, 0.2) is 67.0 Å². The zero-order valence-electron chi connectivity index (χ0n) is 16.8. The Morgan fingerprint density at radius 3 is 2.73 bits per heavy atom. The predicted octanol–water partition coefficient (Wildman–Crippen LogP) is 4.11. The zero-order valence-corrected chi connectivity index (χ0v) is 16.8. The highest BCUT2D eigenvalue weighted by Gasteiger charge is 2.21. The van der Waals surface area contributed by atoms with Crippen LogP contribution in [0.3, 0.4) is 0 Å². The molecule has 0 saturated carbocycles. The first-order chi connectivity index (χ1) is 14.8. The van der Waals surface area contributed by atoms with Crippen molar-refractivity contribution in [2.75, 3.05) is 38.0 Å². The molecule has 1 saturated heterocycles. The smallest absolute Gasteiger partial charge is 0.321 e. The summed E-state index contributed by atoms with van der Waals surface area (Å²) in [7, 11) is 0. The van der Waals surface area contributed by atoms with E-state index in [1.165, 1.54) is 16.5 Å². The molecule has 0 aliphatic carbocycles. The number of carbonyl (C=O) groups excluding carboxylic acids is 1. The summed E-state index contributed by atoms with van der Waals surface area (Å²) in [5.41, 5.74) is 4.14. The van der Waals surface area contributed by atoms with Crippen molar-refractivity contribution in [3.63, 3.8) is 0 Å². The highest BCUT2D eigenvalue weighted by Crippen LogP contribution is 2.21. The average Bonchev–Trinajstić information content (AvgIpc) is 3.21. The van der Waals surface area contributed by atoms with Gasteiger partial charge in [-0.1, -0.05) is 36.4 Å². The number of urea groups is 1. The van der Waals surface area contributed by atoms with Crippen LogP contribution in [0.5, 0.6) is 0 Å². The van der Waals surface area contributed by atoms with Crippen molar-refractivity contribution in [3.05, 3.63) is 72.6 Å². The van der Waals surface area contributed by atoms with E-state index in [0.717, 1.165) is 55.7 Å². The van der Waals surface area contributed by atoms with Crippen LogP contribution in [0.1, 0.15) is 5.56 Å². The second-order valence-electron chi connectivity index (χ2n) is 7.75. The number of rotatable bonds is 4. The van der Waals surface area contributed by atoms with Crippen LogP contribution in [-0.2, 0) is 6.42 Å². The number of hydrogen-bond acceptors (Lipinski definition) is 3. The molecule has 3 heterocycles. The van der Waals surface area contributed by atoms with Crippen molar-refractivity contribution in [3.8, 4) is 0 Å². The molecule has 0 atom stereocenters. The first kappa shape index (κ1) is 18.6. The molecule has 4 aromatic rings. The van der Waals surface area contributed by atoms with Gasteiger partial charge in [-0.05, 0) is 30.2 Å². The number of aromatic nitrogens is 2. The third-order valence-electron chi connectivity index (χ3n) is 5.91. The van der Waals surface area contributed by atoms with E-state index < -0.39 is 0 Å². The maximum absolute atomic E-state index is 12.8. The Balaban J connectivity index is 1.16. The molecule has 152 valence electrons. The van der Waals surface area contributed by atoms with Gasteiger partial charge < -0.3 is 15.2 Å². The Kier molecular flexibility index (Phi) is 5.07. The zero-order chi connectivity index (χ0) is 20.3. The number of hydrogen-bond donors (Lipinski definition) is 2. The quantitative estimate of drug-likeness (QED) is 0.543. The van der Waals surface area contributed by atoms with Crippen molar-refractivity contribution in [1.82, 2.24) is 19.8 Å². The Labute approximate surface area is 175 Å². The number of carbonyl (C=O) groups is 1. The summed E-state index contributed by atoms with van der Waals surface area (Å²) in [5.74, 6) is 0. The molecule has 0 radical (unpaired) electrons. The van der Waals surface area contributed by atoms with Crippen molar-refractivity contribution in [1.29, 1.82) is 0 Å². The van der Waals surface area contributed by atoms with Crippen LogP contribution < -0.4 is 5.32 Å². The van der Waals surface area contributed by atoms with Crippen molar-refractivity contribution >= 4 is 33.5 Å². The number of nitrogens with zero attached hydrogens (tertiary/aromatic N) is 3. The summed E-state index contributed by atoms with van der Waals surface area (Å²) < 4.78 is 0. The molecule has 6 nitrogen and oxygen atoms in total. The molecule has 5 rings (SSSR count). The first-order valence-corrected chi connectivity index (χ1v) is 10.4. The number of H-pyrrole nitrogens is 1. The number of piperazine rings is 1. The Bertz CT molecular complexity index is 1170. The van der Waals surface area contributed by atoms with E-state index in [1.807, 2.05) is 35.2 Å². The normalized spacial score (nSPS) is 15.0. The molecule has 2 N–H and O–H groups in total. The lowest BCUT2D eigenvalue weighted by atomic mass is 10.1. The van der Waals surface area contributed by atoms with Crippen molar-refractivity contribution < 1.29 is 4.79 Å². The van der Waals surface area contributed by atoms with Crippen LogP contribution in [0.25, 0.3) is 21.8 Å². The lowest BCUT2D eigenvalue weighted by Crippen LogP contribution is -2.50. The predicted molar refractivity (Wildman–Crippen MR) is 121 cm³/mol. The van der Waals surface area contributed by atoms with Gasteiger partial charge >= 0.3 is 6.03 Å². The van der Waals surface area contributed by atoms with E-state index in [0.29, 0.717) is 0 Å². The number of anilines is 1. The van der Waals surface area contributed by atoms with Crippen molar-refractivity contribution in [2.24, 2.45) is 0 Å². The number of amides is 2. The summed E-state index contributed by atoms with van der Waals surface area (Å²) in [5, 5.41) is 5.38. The summed E-state index contributed by atoms with van der Waals surface area (Å²) in [4.78, 5) is 24.9. The number of nitrogens with one attached hydrogen (secondary N) is 2. The second-order valence-corrected chi connectivity index (χ2v) is 7.75. The van der Waals surface area contributed by atoms with Crippen LogP contribution in [0.2, 0.25) is 0 Å². The Morgan fingerprint density at radius 2 is 1.83 bits per heavy atom. The van der Waals surface area contributed by atoms with Gasteiger partial charge in [0.05, 0.1) is 11.2 Å². The van der Waals surface area contributed by atoms with E-state index in [4.69, 9.17) is 0 Å². The third-order valence-corrected chi connectivity index (χ3v) is 5.91. The fraction of sp³-hybridized carbons (Fsp3) is 0.250. The number of pyridine rings is 1. The molecule has 0 spiro atoms. The highest BCUT2D eigenvalue weighted by atomic mass is 16.2.